The molecule has 1 aliphatic rings. The summed E-state index contributed by atoms with van der Waals surface area (Å²) in [7, 11) is -0.348. The maximum Gasteiger partial charge on any atom is 0.260 e. The van der Waals surface area contributed by atoms with Gasteiger partial charge >= 0.3 is 0 Å². The summed E-state index contributed by atoms with van der Waals surface area (Å²) in [5.74, 6) is 0.449. The maximum atomic E-state index is 13.7. The van der Waals surface area contributed by atoms with Gasteiger partial charge < -0.3 is 9.64 Å². The number of para-hydroxylation sites is 1. The Morgan fingerprint density at radius 1 is 1.09 bits per heavy atom. The number of methoxy groups -OCH3 is 1. The Bertz CT molecular complexity index is 1280. The number of likely N-dealkylation sites (N-methyl/N-ethyl adjacent to an activating group) is 1. The highest BCUT2D eigenvalue weighted by Gasteiger charge is 2.35. The predicted octanol–water partition coefficient (Wildman–Crippen LogP) is 4.08. The number of carbonyl (C=O) groups excluding carboxylic acids is 1. The second-order valence-corrected chi connectivity index (χ2v) is 11.6. The fourth-order valence-electron chi connectivity index (χ4n) is 3.98. The average molecular weight is 517 g/mol. The van der Waals surface area contributed by atoms with Crippen LogP contribution in [0.5, 0.6) is 5.75 Å². The summed E-state index contributed by atoms with van der Waals surface area (Å²) >= 11 is 1.44. The Kier molecular flexibility index (Phi) is 7.75. The number of hydrogen-bond acceptors (Lipinski definition) is 7. The second kappa shape index (κ2) is 10.6. The first-order valence-corrected chi connectivity index (χ1v) is 14.1. The van der Waals surface area contributed by atoms with Gasteiger partial charge in [-0.25, -0.2) is 13.4 Å². The number of hydrogen-bond donors (Lipinski definition) is 0. The van der Waals surface area contributed by atoms with E-state index in [9.17, 15) is 13.2 Å². The van der Waals surface area contributed by atoms with Gasteiger partial charge in [0.05, 0.1) is 16.7 Å². The molecule has 1 heterocycles. The lowest BCUT2D eigenvalue weighted by Crippen LogP contribution is -2.39. The molecule has 4 rings (SSSR count). The number of carbonyl (C=O) groups is 1. The first-order chi connectivity index (χ1) is 16.8. The molecule has 0 atom stereocenters. The monoisotopic (exact) mass is 516 g/mol. The van der Waals surface area contributed by atoms with Crippen molar-refractivity contribution in [2.75, 3.05) is 45.2 Å². The maximum absolute atomic E-state index is 13.7. The third-order valence-electron chi connectivity index (χ3n) is 6.44. The average Bonchev–Trinajstić information content (AvgIpc) is 3.63. The molecule has 1 fully saturated rings. The van der Waals surface area contributed by atoms with Crippen LogP contribution in [0.15, 0.2) is 47.4 Å². The second-order valence-electron chi connectivity index (χ2n) is 8.56. The van der Waals surface area contributed by atoms with Crippen LogP contribution in [0.2, 0.25) is 0 Å². The Balaban J connectivity index is 1.64. The molecule has 0 aliphatic heterocycles. The molecule has 0 spiro atoms. The van der Waals surface area contributed by atoms with Gasteiger partial charge in [0.15, 0.2) is 5.13 Å². The lowest BCUT2D eigenvalue weighted by atomic mass is 10.2. The van der Waals surface area contributed by atoms with E-state index in [1.165, 1.54) is 27.8 Å². The minimum Gasteiger partial charge on any atom is -0.494 e. The SMILES string of the molecule is CCN(CC)CCN(C(=O)c1ccc(S(=O)(=O)N(C)C2CC2)cc1)c1nc2c(OC)cccc2s1. The summed E-state index contributed by atoms with van der Waals surface area (Å²) in [6, 6.07) is 12.0. The third-order valence-corrected chi connectivity index (χ3v) is 9.41. The molecule has 1 amide bonds. The minimum absolute atomic E-state index is 0.0768. The highest BCUT2D eigenvalue weighted by atomic mass is 32.2. The van der Waals surface area contributed by atoms with E-state index in [-0.39, 0.29) is 16.8 Å². The van der Waals surface area contributed by atoms with Gasteiger partial charge in [-0.3, -0.25) is 9.69 Å². The van der Waals surface area contributed by atoms with Crippen molar-refractivity contribution in [3.05, 3.63) is 48.0 Å². The first-order valence-electron chi connectivity index (χ1n) is 11.9. The van der Waals surface area contributed by atoms with Gasteiger partial charge in [-0.1, -0.05) is 31.3 Å². The number of rotatable bonds is 11. The van der Waals surface area contributed by atoms with Crippen LogP contribution in [0, 0.1) is 0 Å². The summed E-state index contributed by atoms with van der Waals surface area (Å²) in [6.45, 7) is 7.12. The molecule has 0 radical (unpaired) electrons. The minimum atomic E-state index is -3.57. The summed E-state index contributed by atoms with van der Waals surface area (Å²) in [5.41, 5.74) is 1.14. The molecular weight excluding hydrogens is 484 g/mol. The van der Waals surface area contributed by atoms with Gasteiger partial charge in [0.2, 0.25) is 10.0 Å². The van der Waals surface area contributed by atoms with E-state index in [1.54, 1.807) is 31.2 Å². The van der Waals surface area contributed by atoms with Gasteiger partial charge in [-0.15, -0.1) is 0 Å². The van der Waals surface area contributed by atoms with Gasteiger partial charge in [0.1, 0.15) is 11.3 Å². The zero-order valence-electron chi connectivity index (χ0n) is 20.6. The van der Waals surface area contributed by atoms with E-state index < -0.39 is 10.0 Å². The van der Waals surface area contributed by atoms with Crippen molar-refractivity contribution in [3.63, 3.8) is 0 Å². The summed E-state index contributed by atoms with van der Waals surface area (Å²) in [4.78, 5) is 22.5. The fraction of sp³-hybridized carbons (Fsp3) is 0.440. The normalized spacial score (nSPS) is 14.1. The van der Waals surface area contributed by atoms with Crippen LogP contribution >= 0.6 is 11.3 Å². The van der Waals surface area contributed by atoms with Gasteiger partial charge in [-0.05, 0) is 62.3 Å². The Hall–Kier alpha value is -2.53. The lowest BCUT2D eigenvalue weighted by molar-refractivity contribution is 0.0983. The largest absolute Gasteiger partial charge is 0.494 e. The number of benzene rings is 2. The zero-order chi connectivity index (χ0) is 25.2. The molecule has 1 aromatic heterocycles. The van der Waals surface area contributed by atoms with Crippen LogP contribution in [0.25, 0.3) is 10.2 Å². The number of sulfonamides is 1. The standard InChI is InChI=1S/C25H32N4O4S2/c1-5-28(6-2)16-17-29(25-26-23-21(33-4)8-7-9-22(23)34-25)24(30)18-10-14-20(15-11-18)35(31,32)27(3)19-12-13-19/h7-11,14-15,19H,5-6,12-13,16-17H2,1-4H3. The highest BCUT2D eigenvalue weighted by molar-refractivity contribution is 7.89. The highest BCUT2D eigenvalue weighted by Crippen LogP contribution is 2.35. The molecule has 0 bridgehead atoms. The Morgan fingerprint density at radius 3 is 2.37 bits per heavy atom. The van der Waals surface area contributed by atoms with Crippen molar-refractivity contribution < 1.29 is 17.9 Å². The molecular formula is C25H32N4O4S2. The van der Waals surface area contributed by atoms with E-state index in [4.69, 9.17) is 9.72 Å². The number of aromatic nitrogens is 1. The van der Waals surface area contributed by atoms with E-state index in [1.807, 2.05) is 18.2 Å². The molecule has 0 N–H and O–H groups in total. The Morgan fingerprint density at radius 2 is 1.77 bits per heavy atom. The molecule has 1 aliphatic carbocycles. The Labute approximate surface area is 211 Å². The van der Waals surface area contributed by atoms with Crippen molar-refractivity contribution in [3.8, 4) is 5.75 Å². The molecule has 35 heavy (non-hydrogen) atoms. The number of thiazole rings is 1. The summed E-state index contributed by atoms with van der Waals surface area (Å²) < 4.78 is 33.5. The smallest absolute Gasteiger partial charge is 0.260 e. The molecule has 188 valence electrons. The molecule has 2 aromatic carbocycles. The van der Waals surface area contributed by atoms with Crippen LogP contribution in [0.3, 0.4) is 0 Å². The van der Waals surface area contributed by atoms with E-state index in [0.717, 1.165) is 36.1 Å². The lowest BCUT2D eigenvalue weighted by Gasteiger charge is -2.25. The molecule has 1 saturated carbocycles. The van der Waals surface area contributed by atoms with Crippen molar-refractivity contribution in [1.29, 1.82) is 0 Å². The van der Waals surface area contributed by atoms with Gasteiger partial charge in [0.25, 0.3) is 5.91 Å². The number of anilines is 1. The summed E-state index contributed by atoms with van der Waals surface area (Å²) in [6.07, 6.45) is 1.78. The molecule has 3 aromatic rings. The topological polar surface area (TPSA) is 83.1 Å². The van der Waals surface area contributed by atoms with Crippen molar-refractivity contribution in [1.82, 2.24) is 14.2 Å². The number of amides is 1. The fourth-order valence-corrected chi connectivity index (χ4v) is 6.41. The number of nitrogens with zero attached hydrogens (tertiary/aromatic N) is 4. The van der Waals surface area contributed by atoms with E-state index in [0.29, 0.717) is 29.5 Å². The number of fused-ring (bicyclic) bond motifs is 1. The van der Waals surface area contributed by atoms with Crippen molar-refractivity contribution >= 4 is 42.6 Å². The van der Waals surface area contributed by atoms with Crippen molar-refractivity contribution in [2.24, 2.45) is 0 Å². The number of ether oxygens (including phenoxy) is 1. The molecule has 0 saturated heterocycles. The van der Waals surface area contributed by atoms with Crippen LogP contribution < -0.4 is 9.64 Å². The molecule has 0 unspecified atom stereocenters. The van der Waals surface area contributed by atoms with Crippen LogP contribution in [0.4, 0.5) is 5.13 Å². The van der Waals surface area contributed by atoms with E-state index in [2.05, 4.69) is 18.7 Å². The van der Waals surface area contributed by atoms with Gasteiger partial charge in [-0.2, -0.15) is 4.31 Å². The molecule has 8 nitrogen and oxygen atoms in total. The van der Waals surface area contributed by atoms with Crippen LogP contribution in [-0.4, -0.2) is 74.9 Å². The van der Waals surface area contributed by atoms with Crippen LogP contribution in [-0.2, 0) is 10.0 Å². The first kappa shape index (κ1) is 25.6. The van der Waals surface area contributed by atoms with Gasteiger partial charge in [0, 0.05) is 31.7 Å². The van der Waals surface area contributed by atoms with E-state index >= 15 is 0 Å². The summed E-state index contributed by atoms with van der Waals surface area (Å²) in [5, 5.41) is 0.590. The quantitative estimate of drug-likeness (QED) is 0.382. The zero-order valence-corrected chi connectivity index (χ0v) is 22.2. The molecule has 10 heteroatoms. The predicted molar refractivity (Wildman–Crippen MR) is 140 cm³/mol. The third kappa shape index (κ3) is 5.35. The van der Waals surface area contributed by atoms with Crippen molar-refractivity contribution in [2.45, 2.75) is 37.6 Å². The van der Waals surface area contributed by atoms with Crippen LogP contribution in [0.1, 0.15) is 37.0 Å².